The predicted octanol–water partition coefficient (Wildman–Crippen LogP) is 1.80. The van der Waals surface area contributed by atoms with Gasteiger partial charge in [-0.2, -0.15) is 0 Å². The Hall–Kier alpha value is -1.40. The average Bonchev–Trinajstić information content (AvgIpc) is 2.49. The van der Waals surface area contributed by atoms with Gasteiger partial charge in [0.05, 0.1) is 6.54 Å². The van der Waals surface area contributed by atoms with Gasteiger partial charge in [-0.05, 0) is 43.5 Å². The van der Waals surface area contributed by atoms with E-state index in [-0.39, 0.29) is 25.0 Å². The van der Waals surface area contributed by atoms with Gasteiger partial charge in [-0.1, -0.05) is 15.9 Å². The number of nitrogens with zero attached hydrogens (tertiary/aromatic N) is 1. The van der Waals surface area contributed by atoms with E-state index in [0.29, 0.717) is 12.1 Å². The minimum Gasteiger partial charge on any atom is -0.396 e. The van der Waals surface area contributed by atoms with Crippen LogP contribution in [0.1, 0.15) is 29.6 Å². The van der Waals surface area contributed by atoms with E-state index in [0.717, 1.165) is 23.7 Å². The molecule has 0 spiro atoms. The highest BCUT2D eigenvalue weighted by Gasteiger charge is 2.11. The van der Waals surface area contributed by atoms with Crippen LogP contribution in [-0.2, 0) is 4.79 Å². The zero-order valence-electron chi connectivity index (χ0n) is 12.1. The van der Waals surface area contributed by atoms with Gasteiger partial charge < -0.3 is 15.3 Å². The van der Waals surface area contributed by atoms with Crippen LogP contribution in [0.4, 0.5) is 0 Å². The highest BCUT2D eigenvalue weighted by atomic mass is 79.9. The molecular weight excluding hydrogens is 336 g/mol. The third-order valence-corrected chi connectivity index (χ3v) is 3.61. The molecule has 2 amide bonds. The molecule has 0 radical (unpaired) electrons. The zero-order valence-corrected chi connectivity index (χ0v) is 13.7. The fourth-order valence-corrected chi connectivity index (χ4v) is 2.02. The molecule has 116 valence electrons. The highest BCUT2D eigenvalue weighted by Crippen LogP contribution is 2.10. The molecule has 0 saturated heterocycles. The number of rotatable bonds is 8. The van der Waals surface area contributed by atoms with Crippen LogP contribution in [0.25, 0.3) is 0 Å². The second-order valence-corrected chi connectivity index (χ2v) is 5.70. The van der Waals surface area contributed by atoms with Crippen LogP contribution in [-0.4, -0.2) is 48.6 Å². The molecule has 6 heteroatoms. The topological polar surface area (TPSA) is 69.6 Å². The molecule has 0 aromatic heterocycles. The molecule has 1 rings (SSSR count). The largest absolute Gasteiger partial charge is 0.396 e. The maximum absolute atomic E-state index is 11.9. The lowest BCUT2D eigenvalue weighted by Crippen LogP contribution is -2.38. The molecule has 0 aliphatic carbocycles. The Kier molecular flexibility index (Phi) is 8.00. The molecule has 0 atom stereocenters. The van der Waals surface area contributed by atoms with E-state index in [1.165, 1.54) is 0 Å². The molecule has 0 saturated carbocycles. The molecule has 1 aromatic rings. The summed E-state index contributed by atoms with van der Waals surface area (Å²) in [5.74, 6) is -0.381. The van der Waals surface area contributed by atoms with Crippen LogP contribution in [0.15, 0.2) is 28.7 Å². The summed E-state index contributed by atoms with van der Waals surface area (Å²) in [5, 5.41) is 11.3. The Morgan fingerprint density at radius 1 is 1.19 bits per heavy atom. The third-order valence-electron chi connectivity index (χ3n) is 3.08. The Morgan fingerprint density at radius 3 is 2.48 bits per heavy atom. The SMILES string of the molecule is CN(CCCCCO)C(=O)CNC(=O)c1ccc(Br)cc1. The second-order valence-electron chi connectivity index (χ2n) is 4.79. The van der Waals surface area contributed by atoms with Crippen LogP contribution < -0.4 is 5.32 Å². The Balaban J connectivity index is 2.31. The van der Waals surface area contributed by atoms with Gasteiger partial charge in [0.2, 0.25) is 5.91 Å². The monoisotopic (exact) mass is 356 g/mol. The number of nitrogens with one attached hydrogen (secondary N) is 1. The molecule has 0 unspecified atom stereocenters. The van der Waals surface area contributed by atoms with E-state index in [2.05, 4.69) is 21.2 Å². The summed E-state index contributed by atoms with van der Waals surface area (Å²) in [4.78, 5) is 25.3. The van der Waals surface area contributed by atoms with E-state index >= 15 is 0 Å². The number of likely N-dealkylation sites (N-methyl/N-ethyl adjacent to an activating group) is 1. The summed E-state index contributed by atoms with van der Waals surface area (Å²) >= 11 is 3.30. The minimum absolute atomic E-state index is 0.00853. The maximum Gasteiger partial charge on any atom is 0.251 e. The number of hydrogen-bond acceptors (Lipinski definition) is 3. The summed E-state index contributed by atoms with van der Waals surface area (Å²) in [7, 11) is 1.72. The van der Waals surface area contributed by atoms with Crippen molar-refractivity contribution in [3.63, 3.8) is 0 Å². The average molecular weight is 357 g/mol. The third kappa shape index (κ3) is 6.73. The molecule has 0 aliphatic heterocycles. The first-order valence-corrected chi connectivity index (χ1v) is 7.72. The quantitative estimate of drug-likeness (QED) is 0.697. The zero-order chi connectivity index (χ0) is 15.7. The first kappa shape index (κ1) is 17.7. The fourth-order valence-electron chi connectivity index (χ4n) is 1.76. The van der Waals surface area contributed by atoms with Crippen molar-refractivity contribution in [1.82, 2.24) is 10.2 Å². The van der Waals surface area contributed by atoms with Gasteiger partial charge >= 0.3 is 0 Å². The van der Waals surface area contributed by atoms with Crippen molar-refractivity contribution in [2.45, 2.75) is 19.3 Å². The first-order chi connectivity index (χ1) is 10.0. The molecule has 21 heavy (non-hydrogen) atoms. The molecular formula is C15H21BrN2O3. The Labute approximate surface area is 133 Å². The van der Waals surface area contributed by atoms with Crippen molar-refractivity contribution in [2.24, 2.45) is 0 Å². The molecule has 5 nitrogen and oxygen atoms in total. The highest BCUT2D eigenvalue weighted by molar-refractivity contribution is 9.10. The van der Waals surface area contributed by atoms with Gasteiger partial charge in [0.15, 0.2) is 0 Å². The van der Waals surface area contributed by atoms with E-state index in [1.54, 1.807) is 36.2 Å². The normalized spacial score (nSPS) is 10.2. The number of halogens is 1. The second kappa shape index (κ2) is 9.52. The summed E-state index contributed by atoms with van der Waals surface area (Å²) in [5.41, 5.74) is 0.525. The van der Waals surface area contributed by atoms with Gasteiger partial charge in [0, 0.05) is 30.2 Å². The summed E-state index contributed by atoms with van der Waals surface area (Å²) in [6.07, 6.45) is 2.49. The van der Waals surface area contributed by atoms with Crippen LogP contribution in [0.2, 0.25) is 0 Å². The molecule has 0 bridgehead atoms. The smallest absolute Gasteiger partial charge is 0.251 e. The lowest BCUT2D eigenvalue weighted by Gasteiger charge is -2.17. The number of unbranched alkanes of at least 4 members (excludes halogenated alkanes) is 2. The summed E-state index contributed by atoms with van der Waals surface area (Å²) in [6, 6.07) is 6.96. The first-order valence-electron chi connectivity index (χ1n) is 6.93. The molecule has 0 fully saturated rings. The van der Waals surface area contributed by atoms with E-state index < -0.39 is 0 Å². The van der Waals surface area contributed by atoms with Gasteiger partial charge in [-0.15, -0.1) is 0 Å². The molecule has 0 heterocycles. The van der Waals surface area contributed by atoms with Gasteiger partial charge in [0.25, 0.3) is 5.91 Å². The number of benzene rings is 1. The number of carbonyl (C=O) groups excluding carboxylic acids is 2. The number of carbonyl (C=O) groups is 2. The van der Waals surface area contributed by atoms with Crippen LogP contribution in [0.5, 0.6) is 0 Å². The predicted molar refractivity (Wildman–Crippen MR) is 85.0 cm³/mol. The van der Waals surface area contributed by atoms with Crippen molar-refractivity contribution >= 4 is 27.7 Å². The van der Waals surface area contributed by atoms with Crippen LogP contribution in [0, 0.1) is 0 Å². The van der Waals surface area contributed by atoms with Crippen LogP contribution in [0.3, 0.4) is 0 Å². The van der Waals surface area contributed by atoms with E-state index in [4.69, 9.17) is 5.11 Å². The van der Waals surface area contributed by atoms with Gasteiger partial charge in [-0.3, -0.25) is 9.59 Å². The maximum atomic E-state index is 11.9. The standard InChI is InChI=1S/C15H21BrN2O3/c1-18(9-3-2-4-10-19)14(20)11-17-15(21)12-5-7-13(16)8-6-12/h5-8,19H,2-4,9-11H2,1H3,(H,17,21). The number of hydrogen-bond donors (Lipinski definition) is 2. The van der Waals surface area contributed by atoms with Crippen molar-refractivity contribution < 1.29 is 14.7 Å². The lowest BCUT2D eigenvalue weighted by atomic mass is 10.2. The molecule has 1 aromatic carbocycles. The van der Waals surface area contributed by atoms with Gasteiger partial charge in [-0.25, -0.2) is 0 Å². The number of aliphatic hydroxyl groups is 1. The number of amides is 2. The van der Waals surface area contributed by atoms with Crippen molar-refractivity contribution in [3.05, 3.63) is 34.3 Å². The van der Waals surface area contributed by atoms with Crippen molar-refractivity contribution in [3.8, 4) is 0 Å². The Morgan fingerprint density at radius 2 is 1.86 bits per heavy atom. The van der Waals surface area contributed by atoms with E-state index in [1.807, 2.05) is 0 Å². The summed E-state index contributed by atoms with van der Waals surface area (Å²) in [6.45, 7) is 0.805. The Bertz CT molecular complexity index is 462. The fraction of sp³-hybridized carbons (Fsp3) is 0.467. The van der Waals surface area contributed by atoms with Gasteiger partial charge in [0.1, 0.15) is 0 Å². The number of aliphatic hydroxyl groups excluding tert-OH is 1. The summed E-state index contributed by atoms with van der Waals surface area (Å²) < 4.78 is 0.901. The molecule has 2 N–H and O–H groups in total. The van der Waals surface area contributed by atoms with Crippen molar-refractivity contribution in [1.29, 1.82) is 0 Å². The van der Waals surface area contributed by atoms with Crippen molar-refractivity contribution in [2.75, 3.05) is 26.7 Å². The lowest BCUT2D eigenvalue weighted by molar-refractivity contribution is -0.128. The minimum atomic E-state index is -0.260. The molecule has 0 aliphatic rings. The van der Waals surface area contributed by atoms with Crippen LogP contribution >= 0.6 is 15.9 Å². The van der Waals surface area contributed by atoms with E-state index in [9.17, 15) is 9.59 Å².